The number of benzene rings is 3. The third kappa shape index (κ3) is 6.68. The highest BCUT2D eigenvalue weighted by Crippen LogP contribution is 2.30. The number of carbonyl (C=O) groups excluding carboxylic acids is 3. The molecule has 0 aromatic heterocycles. The molecule has 0 unspecified atom stereocenters. The largest absolute Gasteiger partial charge is 0.368 e. The molecule has 5 rings (SSSR count). The fraction of sp³-hybridized carbons (Fsp3) is 0.300. The summed E-state index contributed by atoms with van der Waals surface area (Å²) in [7, 11) is 0. The van der Waals surface area contributed by atoms with Crippen molar-refractivity contribution in [3.05, 3.63) is 94.8 Å². The van der Waals surface area contributed by atoms with E-state index in [0.717, 1.165) is 12.1 Å². The highest BCUT2D eigenvalue weighted by molar-refractivity contribution is 6.07. The first-order valence-electron chi connectivity index (χ1n) is 13.5. The van der Waals surface area contributed by atoms with Crippen molar-refractivity contribution in [2.45, 2.75) is 6.42 Å². The van der Waals surface area contributed by atoms with Gasteiger partial charge in [0.05, 0.1) is 11.4 Å². The third-order valence-corrected chi connectivity index (χ3v) is 7.22. The summed E-state index contributed by atoms with van der Waals surface area (Å²) in [6.45, 7) is 4.20. The SMILES string of the molecule is O=C(Nc1cc(C(=O)N2CCNCC2)ccc1N1CCCN(C(=O)c2cccc(F)c2)CC1)c1cc(F)cc(F)c1. The summed E-state index contributed by atoms with van der Waals surface area (Å²) < 4.78 is 41.4. The monoisotopic (exact) mass is 565 g/mol. The fourth-order valence-electron chi connectivity index (χ4n) is 5.14. The van der Waals surface area contributed by atoms with Gasteiger partial charge in [0.2, 0.25) is 0 Å². The van der Waals surface area contributed by atoms with E-state index in [2.05, 4.69) is 10.6 Å². The quantitative estimate of drug-likeness (QED) is 0.493. The topological polar surface area (TPSA) is 85.0 Å². The molecule has 2 N–H and O–H groups in total. The number of rotatable bonds is 5. The second kappa shape index (κ2) is 12.4. The predicted molar refractivity (Wildman–Crippen MR) is 149 cm³/mol. The van der Waals surface area contributed by atoms with E-state index in [1.165, 1.54) is 18.2 Å². The molecule has 0 saturated carbocycles. The van der Waals surface area contributed by atoms with E-state index in [-0.39, 0.29) is 22.9 Å². The summed E-state index contributed by atoms with van der Waals surface area (Å²) in [6.07, 6.45) is 0.602. The number of nitrogens with one attached hydrogen (secondary N) is 2. The molecule has 0 atom stereocenters. The number of anilines is 2. The van der Waals surface area contributed by atoms with Gasteiger partial charge >= 0.3 is 0 Å². The molecule has 8 nitrogen and oxygen atoms in total. The van der Waals surface area contributed by atoms with Crippen LogP contribution in [0.25, 0.3) is 0 Å². The summed E-state index contributed by atoms with van der Waals surface area (Å²) in [6, 6.07) is 13.1. The van der Waals surface area contributed by atoms with Gasteiger partial charge in [-0.05, 0) is 55.0 Å². The van der Waals surface area contributed by atoms with Crippen LogP contribution in [0.4, 0.5) is 24.5 Å². The van der Waals surface area contributed by atoms with Crippen molar-refractivity contribution in [3.63, 3.8) is 0 Å². The van der Waals surface area contributed by atoms with Crippen molar-refractivity contribution in [3.8, 4) is 0 Å². The lowest BCUT2D eigenvalue weighted by Gasteiger charge is -2.29. The van der Waals surface area contributed by atoms with Crippen LogP contribution < -0.4 is 15.5 Å². The molecule has 3 amide bonds. The highest BCUT2D eigenvalue weighted by atomic mass is 19.1. The van der Waals surface area contributed by atoms with Crippen LogP contribution in [0.2, 0.25) is 0 Å². The maximum absolute atomic E-state index is 13.8. The molecular weight excluding hydrogens is 535 g/mol. The first-order chi connectivity index (χ1) is 19.8. The summed E-state index contributed by atoms with van der Waals surface area (Å²) in [5.41, 5.74) is 1.35. The van der Waals surface area contributed by atoms with Gasteiger partial charge in [0.1, 0.15) is 17.5 Å². The van der Waals surface area contributed by atoms with Gasteiger partial charge in [0.25, 0.3) is 17.7 Å². The van der Waals surface area contributed by atoms with Gasteiger partial charge in [0, 0.05) is 75.1 Å². The van der Waals surface area contributed by atoms with Crippen molar-refractivity contribution in [1.82, 2.24) is 15.1 Å². The Labute approximate surface area is 235 Å². The molecule has 2 saturated heterocycles. The van der Waals surface area contributed by atoms with Crippen LogP contribution in [-0.4, -0.2) is 79.9 Å². The number of amides is 3. The van der Waals surface area contributed by atoms with Crippen molar-refractivity contribution in [2.24, 2.45) is 0 Å². The molecule has 2 aliphatic heterocycles. The highest BCUT2D eigenvalue weighted by Gasteiger charge is 2.25. The molecule has 0 aliphatic carbocycles. The van der Waals surface area contributed by atoms with Crippen LogP contribution in [0.15, 0.2) is 60.7 Å². The molecule has 0 bridgehead atoms. The van der Waals surface area contributed by atoms with E-state index in [1.807, 2.05) is 4.90 Å². The molecule has 41 heavy (non-hydrogen) atoms. The Balaban J connectivity index is 1.41. The summed E-state index contributed by atoms with van der Waals surface area (Å²) >= 11 is 0. The fourth-order valence-corrected chi connectivity index (χ4v) is 5.14. The minimum Gasteiger partial charge on any atom is -0.368 e. The van der Waals surface area contributed by atoms with Crippen molar-refractivity contribution in [1.29, 1.82) is 0 Å². The smallest absolute Gasteiger partial charge is 0.255 e. The summed E-state index contributed by atoms with van der Waals surface area (Å²) in [5.74, 6) is -3.43. The van der Waals surface area contributed by atoms with Gasteiger partial charge in [-0.3, -0.25) is 14.4 Å². The zero-order chi connectivity index (χ0) is 28.9. The molecule has 3 aromatic rings. The van der Waals surface area contributed by atoms with Crippen molar-refractivity contribution < 1.29 is 27.6 Å². The van der Waals surface area contributed by atoms with Crippen LogP contribution in [0.5, 0.6) is 0 Å². The number of hydrogen-bond donors (Lipinski definition) is 2. The van der Waals surface area contributed by atoms with Gasteiger partial charge < -0.3 is 25.3 Å². The summed E-state index contributed by atoms with van der Waals surface area (Å²) in [4.78, 5) is 44.7. The Hall–Kier alpha value is -4.38. The number of nitrogens with zero attached hydrogens (tertiary/aromatic N) is 3. The average molecular weight is 566 g/mol. The van der Waals surface area contributed by atoms with E-state index < -0.39 is 23.4 Å². The van der Waals surface area contributed by atoms with E-state index in [4.69, 9.17) is 0 Å². The normalized spacial score (nSPS) is 15.8. The molecule has 3 aromatic carbocycles. The van der Waals surface area contributed by atoms with Gasteiger partial charge in [0.15, 0.2) is 0 Å². The number of carbonyl (C=O) groups is 3. The van der Waals surface area contributed by atoms with E-state index in [9.17, 15) is 27.6 Å². The zero-order valence-corrected chi connectivity index (χ0v) is 22.3. The lowest BCUT2D eigenvalue weighted by molar-refractivity contribution is 0.0734. The van der Waals surface area contributed by atoms with Gasteiger partial charge in [-0.1, -0.05) is 6.07 Å². The first-order valence-corrected chi connectivity index (χ1v) is 13.5. The van der Waals surface area contributed by atoms with E-state index in [1.54, 1.807) is 34.1 Å². The second-order valence-electron chi connectivity index (χ2n) is 10.0. The summed E-state index contributed by atoms with van der Waals surface area (Å²) in [5, 5.41) is 5.95. The molecule has 11 heteroatoms. The van der Waals surface area contributed by atoms with Crippen molar-refractivity contribution in [2.75, 3.05) is 62.6 Å². The van der Waals surface area contributed by atoms with Gasteiger partial charge in [-0.25, -0.2) is 13.2 Å². The molecule has 0 radical (unpaired) electrons. The maximum Gasteiger partial charge on any atom is 0.255 e. The maximum atomic E-state index is 13.8. The second-order valence-corrected chi connectivity index (χ2v) is 10.0. The zero-order valence-electron chi connectivity index (χ0n) is 22.3. The first kappa shape index (κ1) is 28.2. The number of halogens is 3. The number of piperazine rings is 1. The number of hydrogen-bond acceptors (Lipinski definition) is 5. The third-order valence-electron chi connectivity index (χ3n) is 7.22. The minimum absolute atomic E-state index is 0.187. The lowest BCUT2D eigenvalue weighted by Crippen LogP contribution is -2.46. The van der Waals surface area contributed by atoms with Gasteiger partial charge in [-0.15, -0.1) is 0 Å². The van der Waals surface area contributed by atoms with Crippen LogP contribution in [-0.2, 0) is 0 Å². The van der Waals surface area contributed by atoms with Crippen LogP contribution in [0, 0.1) is 17.5 Å². The molecule has 2 heterocycles. The van der Waals surface area contributed by atoms with Crippen LogP contribution >= 0.6 is 0 Å². The standard InChI is InChI=1S/C30H30F3N5O3/c31-23-4-1-3-20(15-23)29(40)37-10-2-9-36(13-14-37)27-6-5-21(30(41)38-11-7-34-8-12-38)18-26(27)35-28(39)22-16-24(32)19-25(33)17-22/h1,3-6,15-19,34H,2,7-14H2,(H,35,39). The molecule has 214 valence electrons. The average Bonchev–Trinajstić information content (AvgIpc) is 3.22. The Morgan fingerprint density at radius 2 is 1.32 bits per heavy atom. The Bertz CT molecular complexity index is 1440. The lowest BCUT2D eigenvalue weighted by atomic mass is 10.1. The molecule has 2 aliphatic rings. The van der Waals surface area contributed by atoms with E-state index in [0.29, 0.717) is 81.8 Å². The predicted octanol–water partition coefficient (Wildman–Crippen LogP) is 3.75. The Morgan fingerprint density at radius 1 is 0.659 bits per heavy atom. The van der Waals surface area contributed by atoms with Crippen LogP contribution in [0.1, 0.15) is 37.5 Å². The molecular formula is C30H30F3N5O3. The van der Waals surface area contributed by atoms with Crippen molar-refractivity contribution >= 4 is 29.1 Å². The molecule has 2 fully saturated rings. The molecule has 0 spiro atoms. The van der Waals surface area contributed by atoms with E-state index >= 15 is 0 Å². The minimum atomic E-state index is -0.881. The Morgan fingerprint density at radius 3 is 2.02 bits per heavy atom. The Kier molecular flexibility index (Phi) is 8.53. The van der Waals surface area contributed by atoms with Gasteiger partial charge in [-0.2, -0.15) is 0 Å². The van der Waals surface area contributed by atoms with Crippen LogP contribution in [0.3, 0.4) is 0 Å².